The zero-order valence-corrected chi connectivity index (χ0v) is 17.1. The average molecular weight is 390 g/mol. The Morgan fingerprint density at radius 1 is 1.18 bits per heavy atom. The van der Waals surface area contributed by atoms with Gasteiger partial charge < -0.3 is 19.7 Å². The highest BCUT2D eigenvalue weighted by Gasteiger charge is 2.27. The van der Waals surface area contributed by atoms with Crippen molar-refractivity contribution in [2.45, 2.75) is 64.6 Å². The Kier molecular flexibility index (Phi) is 7.43. The van der Waals surface area contributed by atoms with Crippen molar-refractivity contribution in [3.63, 3.8) is 0 Å². The van der Waals surface area contributed by atoms with E-state index in [0.717, 1.165) is 18.4 Å². The highest BCUT2D eigenvalue weighted by Crippen LogP contribution is 2.19. The molecule has 0 saturated carbocycles. The first-order chi connectivity index (χ1) is 13.2. The standard InChI is InChI=1S/C21H30N2O5/c1-21(2,3)28-20(26)22-17(19(25)27-4)11-12-18(24)23-13-7-10-15-8-5-6-9-16(15)14-23/h5-6,8-9,17H,7,10-14H2,1-4H3,(H,22,26)/t17-/m0/s1. The van der Waals surface area contributed by atoms with E-state index in [4.69, 9.17) is 9.47 Å². The topological polar surface area (TPSA) is 84.9 Å². The van der Waals surface area contributed by atoms with E-state index < -0.39 is 23.7 Å². The summed E-state index contributed by atoms with van der Waals surface area (Å²) in [6.45, 7) is 6.45. The van der Waals surface area contributed by atoms with Crippen molar-refractivity contribution >= 4 is 18.0 Å². The second-order valence-electron chi connectivity index (χ2n) is 7.95. The number of alkyl carbamates (subject to hydrolysis) is 1. The summed E-state index contributed by atoms with van der Waals surface area (Å²) in [4.78, 5) is 38.5. The van der Waals surface area contributed by atoms with Gasteiger partial charge in [0.05, 0.1) is 7.11 Å². The van der Waals surface area contributed by atoms with E-state index in [1.807, 2.05) is 23.1 Å². The predicted molar refractivity (Wildman–Crippen MR) is 105 cm³/mol. The molecular formula is C21H30N2O5. The van der Waals surface area contributed by atoms with Crippen molar-refractivity contribution in [3.05, 3.63) is 35.4 Å². The lowest BCUT2D eigenvalue weighted by Crippen LogP contribution is -2.44. The highest BCUT2D eigenvalue weighted by atomic mass is 16.6. The molecule has 1 aromatic carbocycles. The van der Waals surface area contributed by atoms with Gasteiger partial charge in [0.25, 0.3) is 0 Å². The number of ether oxygens (including phenoxy) is 2. The summed E-state index contributed by atoms with van der Waals surface area (Å²) in [5, 5.41) is 2.50. The molecule has 0 spiro atoms. The zero-order chi connectivity index (χ0) is 20.7. The summed E-state index contributed by atoms with van der Waals surface area (Å²) in [6.07, 6.45) is 1.43. The molecule has 2 amide bonds. The third-order valence-electron chi connectivity index (χ3n) is 4.53. The van der Waals surface area contributed by atoms with Gasteiger partial charge in [-0.05, 0) is 51.2 Å². The lowest BCUT2D eigenvalue weighted by Gasteiger charge is -2.24. The molecule has 0 unspecified atom stereocenters. The van der Waals surface area contributed by atoms with E-state index in [1.165, 1.54) is 12.7 Å². The molecule has 0 fully saturated rings. The van der Waals surface area contributed by atoms with Gasteiger partial charge in [0.15, 0.2) is 0 Å². The molecule has 1 aliphatic heterocycles. The van der Waals surface area contributed by atoms with Crippen molar-refractivity contribution in [1.82, 2.24) is 10.2 Å². The summed E-state index contributed by atoms with van der Waals surface area (Å²) in [7, 11) is 1.25. The Bertz CT molecular complexity index is 711. The number of fused-ring (bicyclic) bond motifs is 1. The van der Waals surface area contributed by atoms with Crippen LogP contribution in [-0.2, 0) is 32.0 Å². The highest BCUT2D eigenvalue weighted by molar-refractivity contribution is 5.83. The summed E-state index contributed by atoms with van der Waals surface area (Å²) in [6, 6.07) is 7.21. The molecule has 7 heteroatoms. The first kappa shape index (κ1) is 21.7. The van der Waals surface area contributed by atoms with Crippen LogP contribution in [0, 0.1) is 0 Å². The molecule has 0 saturated heterocycles. The number of esters is 1. The molecule has 1 atom stereocenters. The lowest BCUT2D eigenvalue weighted by atomic mass is 10.0. The number of benzene rings is 1. The SMILES string of the molecule is COC(=O)[C@H](CCC(=O)N1CCCc2ccccc2C1)NC(=O)OC(C)(C)C. The second-order valence-corrected chi connectivity index (χ2v) is 7.95. The molecule has 154 valence electrons. The van der Waals surface area contributed by atoms with Crippen LogP contribution in [0.15, 0.2) is 24.3 Å². The van der Waals surface area contributed by atoms with Crippen LogP contribution in [-0.4, -0.2) is 48.2 Å². The van der Waals surface area contributed by atoms with E-state index in [-0.39, 0.29) is 18.7 Å². The van der Waals surface area contributed by atoms with Gasteiger partial charge in [-0.1, -0.05) is 24.3 Å². The molecular weight excluding hydrogens is 360 g/mol. The number of carbonyl (C=O) groups is 3. The zero-order valence-electron chi connectivity index (χ0n) is 17.1. The van der Waals surface area contributed by atoms with Crippen molar-refractivity contribution in [2.75, 3.05) is 13.7 Å². The third kappa shape index (κ3) is 6.55. The maximum Gasteiger partial charge on any atom is 0.408 e. The number of carbonyl (C=O) groups excluding carboxylic acids is 3. The molecule has 1 aromatic rings. The second kappa shape index (κ2) is 9.57. The van der Waals surface area contributed by atoms with Gasteiger partial charge in [-0.3, -0.25) is 4.79 Å². The Labute approximate surface area is 166 Å². The maximum absolute atomic E-state index is 12.7. The maximum atomic E-state index is 12.7. The number of hydrogen-bond donors (Lipinski definition) is 1. The minimum absolute atomic E-state index is 0.0448. The molecule has 0 aliphatic carbocycles. The average Bonchev–Trinajstić information content (AvgIpc) is 2.85. The van der Waals surface area contributed by atoms with Crippen LogP contribution in [0.3, 0.4) is 0 Å². The first-order valence-electron chi connectivity index (χ1n) is 9.61. The number of amides is 2. The Morgan fingerprint density at radius 2 is 1.86 bits per heavy atom. The normalized spacial score (nSPS) is 15.1. The predicted octanol–water partition coefficient (Wildman–Crippen LogP) is 2.81. The molecule has 28 heavy (non-hydrogen) atoms. The quantitative estimate of drug-likeness (QED) is 0.782. The largest absolute Gasteiger partial charge is 0.467 e. The molecule has 0 aromatic heterocycles. The van der Waals surface area contributed by atoms with Crippen LogP contribution in [0.2, 0.25) is 0 Å². The van der Waals surface area contributed by atoms with E-state index in [9.17, 15) is 14.4 Å². The number of nitrogens with one attached hydrogen (secondary N) is 1. The molecule has 7 nitrogen and oxygen atoms in total. The Morgan fingerprint density at radius 3 is 2.50 bits per heavy atom. The third-order valence-corrected chi connectivity index (χ3v) is 4.53. The number of aryl methyl sites for hydroxylation is 1. The van der Waals surface area contributed by atoms with E-state index in [2.05, 4.69) is 11.4 Å². The van der Waals surface area contributed by atoms with Crippen molar-refractivity contribution in [2.24, 2.45) is 0 Å². The van der Waals surface area contributed by atoms with E-state index in [1.54, 1.807) is 20.8 Å². The van der Waals surface area contributed by atoms with Crippen molar-refractivity contribution < 1.29 is 23.9 Å². The fourth-order valence-corrected chi connectivity index (χ4v) is 3.18. The van der Waals surface area contributed by atoms with Gasteiger partial charge in [0.2, 0.25) is 5.91 Å². The van der Waals surface area contributed by atoms with E-state index in [0.29, 0.717) is 13.1 Å². The smallest absolute Gasteiger partial charge is 0.408 e. The lowest BCUT2D eigenvalue weighted by molar-refractivity contribution is -0.143. The summed E-state index contributed by atoms with van der Waals surface area (Å²) in [5.41, 5.74) is 1.75. The molecule has 0 bridgehead atoms. The minimum Gasteiger partial charge on any atom is -0.467 e. The number of methoxy groups -OCH3 is 1. The molecule has 1 N–H and O–H groups in total. The van der Waals surface area contributed by atoms with Crippen LogP contribution in [0.1, 0.15) is 51.2 Å². The number of rotatable bonds is 5. The van der Waals surface area contributed by atoms with E-state index >= 15 is 0 Å². The first-order valence-corrected chi connectivity index (χ1v) is 9.61. The fraction of sp³-hybridized carbons (Fsp3) is 0.571. The van der Waals surface area contributed by atoms with Gasteiger partial charge in [0, 0.05) is 19.5 Å². The molecule has 1 heterocycles. The minimum atomic E-state index is -0.928. The van der Waals surface area contributed by atoms with Gasteiger partial charge in [-0.2, -0.15) is 0 Å². The number of hydrogen-bond acceptors (Lipinski definition) is 5. The summed E-state index contributed by atoms with van der Waals surface area (Å²) >= 11 is 0. The molecule has 0 radical (unpaired) electrons. The number of nitrogens with zero attached hydrogens (tertiary/aromatic N) is 1. The van der Waals surface area contributed by atoms with Gasteiger partial charge in [0.1, 0.15) is 11.6 Å². The summed E-state index contributed by atoms with van der Waals surface area (Å²) in [5.74, 6) is -0.642. The molecule has 2 rings (SSSR count). The van der Waals surface area contributed by atoms with Crippen LogP contribution >= 0.6 is 0 Å². The van der Waals surface area contributed by atoms with Crippen LogP contribution in [0.4, 0.5) is 4.79 Å². The Hall–Kier alpha value is -2.57. The monoisotopic (exact) mass is 390 g/mol. The van der Waals surface area contributed by atoms with Gasteiger partial charge in [-0.25, -0.2) is 9.59 Å². The molecule has 1 aliphatic rings. The van der Waals surface area contributed by atoms with Crippen LogP contribution in [0.25, 0.3) is 0 Å². The van der Waals surface area contributed by atoms with Crippen molar-refractivity contribution in [3.8, 4) is 0 Å². The van der Waals surface area contributed by atoms with Crippen LogP contribution < -0.4 is 5.32 Å². The summed E-state index contributed by atoms with van der Waals surface area (Å²) < 4.78 is 9.94. The van der Waals surface area contributed by atoms with Crippen molar-refractivity contribution in [1.29, 1.82) is 0 Å². The van der Waals surface area contributed by atoms with Gasteiger partial charge in [-0.15, -0.1) is 0 Å². The Balaban J connectivity index is 1.95. The van der Waals surface area contributed by atoms with Gasteiger partial charge >= 0.3 is 12.1 Å². The van der Waals surface area contributed by atoms with Crippen LogP contribution in [0.5, 0.6) is 0 Å². The fourth-order valence-electron chi connectivity index (χ4n) is 3.18.